The zero-order valence-corrected chi connectivity index (χ0v) is 11.9. The van der Waals surface area contributed by atoms with Gasteiger partial charge in [-0.15, -0.1) is 0 Å². The van der Waals surface area contributed by atoms with Crippen molar-refractivity contribution < 1.29 is 0 Å². The summed E-state index contributed by atoms with van der Waals surface area (Å²) in [4.78, 5) is 4.83. The average Bonchev–Trinajstić information content (AvgIpc) is 2.47. The molecule has 3 nitrogen and oxygen atoms in total. The number of rotatable bonds is 3. The number of hydrogen-bond donors (Lipinski definition) is 1. The van der Waals surface area contributed by atoms with Crippen molar-refractivity contribution in [3.05, 3.63) is 65.7 Å². The second kappa shape index (κ2) is 5.47. The molecule has 0 amide bonds. The van der Waals surface area contributed by atoms with Gasteiger partial charge in [-0.25, -0.2) is 10.4 Å². The van der Waals surface area contributed by atoms with Crippen molar-refractivity contribution in [1.29, 1.82) is 0 Å². The second-order valence-corrected chi connectivity index (χ2v) is 5.30. The molecule has 20 heavy (non-hydrogen) atoms. The summed E-state index contributed by atoms with van der Waals surface area (Å²) in [7, 11) is 0. The summed E-state index contributed by atoms with van der Waals surface area (Å²) in [5.41, 5.74) is 6.92. The number of nitrogens with zero attached hydrogens (tertiary/aromatic N) is 2. The van der Waals surface area contributed by atoms with Gasteiger partial charge in [-0.1, -0.05) is 48.5 Å². The van der Waals surface area contributed by atoms with E-state index in [0.29, 0.717) is 6.04 Å². The van der Waals surface area contributed by atoms with Gasteiger partial charge >= 0.3 is 0 Å². The Bertz CT molecular complexity index is 617. The quantitative estimate of drug-likeness (QED) is 0.920. The topological polar surface area (TPSA) is 27.6 Å². The first-order valence-electron chi connectivity index (χ1n) is 7.00. The summed E-state index contributed by atoms with van der Waals surface area (Å²) < 4.78 is 0. The minimum atomic E-state index is 0.370. The molecule has 0 bridgehead atoms. The van der Waals surface area contributed by atoms with E-state index in [1.54, 1.807) is 0 Å². The monoisotopic (exact) mass is 265 g/mol. The van der Waals surface area contributed by atoms with Crippen molar-refractivity contribution in [2.75, 3.05) is 0 Å². The Morgan fingerprint density at radius 3 is 2.45 bits per heavy atom. The molecule has 3 rings (SSSR count). The molecule has 0 atom stereocenters. The number of para-hydroxylation sites is 1. The fraction of sp³-hybridized carbons (Fsp3) is 0.235. The van der Waals surface area contributed by atoms with Crippen molar-refractivity contribution in [3.8, 4) is 0 Å². The van der Waals surface area contributed by atoms with Crippen LogP contribution in [0.1, 0.15) is 25.0 Å². The van der Waals surface area contributed by atoms with Crippen LogP contribution in [0.4, 0.5) is 5.69 Å². The van der Waals surface area contributed by atoms with Crippen LogP contribution in [-0.2, 0) is 6.54 Å². The number of fused-ring (bicyclic) bond motifs is 1. The van der Waals surface area contributed by atoms with E-state index in [9.17, 15) is 0 Å². The van der Waals surface area contributed by atoms with Crippen molar-refractivity contribution in [2.24, 2.45) is 4.99 Å². The van der Waals surface area contributed by atoms with Crippen LogP contribution in [0.3, 0.4) is 0 Å². The highest BCUT2D eigenvalue weighted by Crippen LogP contribution is 2.26. The van der Waals surface area contributed by atoms with Gasteiger partial charge in [0, 0.05) is 11.6 Å². The second-order valence-electron chi connectivity index (χ2n) is 5.30. The predicted octanol–water partition coefficient (Wildman–Crippen LogP) is 3.49. The smallest absolute Gasteiger partial charge is 0.151 e. The molecule has 0 saturated carbocycles. The third-order valence-electron chi connectivity index (χ3n) is 3.25. The lowest BCUT2D eigenvalue weighted by Gasteiger charge is -2.32. The molecule has 0 unspecified atom stereocenters. The number of hydrogen-bond acceptors (Lipinski definition) is 3. The van der Waals surface area contributed by atoms with E-state index in [0.717, 1.165) is 23.6 Å². The van der Waals surface area contributed by atoms with Crippen LogP contribution in [-0.4, -0.2) is 16.9 Å². The van der Waals surface area contributed by atoms with E-state index in [-0.39, 0.29) is 0 Å². The van der Waals surface area contributed by atoms with Gasteiger partial charge in [0.25, 0.3) is 0 Å². The maximum atomic E-state index is 4.83. The Labute approximate surface area is 119 Å². The molecule has 0 spiro atoms. The van der Waals surface area contributed by atoms with Gasteiger partial charge < -0.3 is 0 Å². The minimum absolute atomic E-state index is 0.370. The van der Waals surface area contributed by atoms with Gasteiger partial charge in [-0.2, -0.15) is 0 Å². The van der Waals surface area contributed by atoms with Gasteiger partial charge in [-0.05, 0) is 25.5 Å². The maximum absolute atomic E-state index is 4.83. The van der Waals surface area contributed by atoms with E-state index < -0.39 is 0 Å². The average molecular weight is 265 g/mol. The van der Waals surface area contributed by atoms with E-state index in [1.165, 1.54) is 5.56 Å². The van der Waals surface area contributed by atoms with Crippen molar-refractivity contribution >= 4 is 11.5 Å². The number of nitrogens with one attached hydrogen (secondary N) is 1. The highest BCUT2D eigenvalue weighted by Gasteiger charge is 2.21. The van der Waals surface area contributed by atoms with Crippen LogP contribution in [0, 0.1) is 0 Å². The largest absolute Gasteiger partial charge is 0.287 e. The van der Waals surface area contributed by atoms with Gasteiger partial charge in [0.1, 0.15) is 0 Å². The van der Waals surface area contributed by atoms with Crippen LogP contribution >= 0.6 is 0 Å². The Kier molecular flexibility index (Phi) is 3.52. The van der Waals surface area contributed by atoms with Crippen molar-refractivity contribution in [3.63, 3.8) is 0 Å². The Morgan fingerprint density at radius 1 is 1.00 bits per heavy atom. The maximum Gasteiger partial charge on any atom is 0.151 e. The fourth-order valence-electron chi connectivity index (χ4n) is 2.40. The van der Waals surface area contributed by atoms with Crippen LogP contribution in [0.25, 0.3) is 0 Å². The van der Waals surface area contributed by atoms with Crippen LogP contribution in [0.5, 0.6) is 0 Å². The zero-order chi connectivity index (χ0) is 13.9. The molecule has 2 aromatic rings. The number of hydrazine groups is 1. The first-order chi connectivity index (χ1) is 9.74. The molecule has 1 heterocycles. The van der Waals surface area contributed by atoms with E-state index in [1.807, 2.05) is 24.3 Å². The lowest BCUT2D eigenvalue weighted by Crippen LogP contribution is -2.47. The molecular weight excluding hydrogens is 246 g/mol. The normalized spacial score (nSPS) is 14.2. The first-order valence-corrected chi connectivity index (χ1v) is 7.00. The summed E-state index contributed by atoms with van der Waals surface area (Å²) in [6.07, 6.45) is 0. The molecule has 0 radical (unpaired) electrons. The van der Waals surface area contributed by atoms with Gasteiger partial charge in [0.2, 0.25) is 0 Å². The molecular formula is C17H19N3. The molecule has 0 saturated heterocycles. The zero-order valence-electron chi connectivity index (χ0n) is 11.9. The molecule has 2 aromatic carbocycles. The molecule has 1 N–H and O–H groups in total. The van der Waals surface area contributed by atoms with Gasteiger partial charge in [0.05, 0.1) is 12.2 Å². The Morgan fingerprint density at radius 2 is 1.70 bits per heavy atom. The van der Waals surface area contributed by atoms with Crippen LogP contribution < -0.4 is 5.43 Å². The van der Waals surface area contributed by atoms with Crippen LogP contribution in [0.15, 0.2) is 59.6 Å². The van der Waals surface area contributed by atoms with Gasteiger partial charge in [-0.3, -0.25) is 5.01 Å². The highest BCUT2D eigenvalue weighted by molar-refractivity contribution is 6.01. The molecule has 1 aliphatic rings. The molecule has 0 aliphatic carbocycles. The summed E-state index contributed by atoms with van der Waals surface area (Å²) in [5.74, 6) is 0.984. The predicted molar refractivity (Wildman–Crippen MR) is 82.9 cm³/mol. The van der Waals surface area contributed by atoms with E-state index in [2.05, 4.69) is 54.6 Å². The standard InChI is InChI=1S/C17H19N3/c1-13(2)19-20-12-15-10-6-7-11-16(15)18-17(20)14-8-4-3-5-9-14/h3-11,13,19H,12H2,1-2H3. The molecule has 0 fully saturated rings. The molecule has 3 heteroatoms. The van der Waals surface area contributed by atoms with Gasteiger partial charge in [0.15, 0.2) is 5.84 Å². The first kappa shape index (κ1) is 12.9. The summed E-state index contributed by atoms with van der Waals surface area (Å²) >= 11 is 0. The molecule has 0 aromatic heterocycles. The van der Waals surface area contributed by atoms with Crippen molar-refractivity contribution in [1.82, 2.24) is 10.4 Å². The summed E-state index contributed by atoms with van der Waals surface area (Å²) in [6, 6.07) is 19.0. The third kappa shape index (κ3) is 2.58. The van der Waals surface area contributed by atoms with Crippen LogP contribution in [0.2, 0.25) is 0 Å². The van der Waals surface area contributed by atoms with E-state index >= 15 is 0 Å². The highest BCUT2D eigenvalue weighted by atomic mass is 15.5. The molecule has 102 valence electrons. The number of amidine groups is 1. The summed E-state index contributed by atoms with van der Waals surface area (Å²) in [6.45, 7) is 5.12. The number of aliphatic imine (C=N–C) groups is 1. The van der Waals surface area contributed by atoms with E-state index in [4.69, 9.17) is 4.99 Å². The Balaban J connectivity index is 2.04. The third-order valence-corrected chi connectivity index (χ3v) is 3.25. The summed E-state index contributed by atoms with van der Waals surface area (Å²) in [5, 5.41) is 2.14. The Hall–Kier alpha value is -2.13. The number of benzene rings is 2. The lowest BCUT2D eigenvalue weighted by atomic mass is 10.1. The minimum Gasteiger partial charge on any atom is -0.287 e. The molecule has 1 aliphatic heterocycles. The fourth-order valence-corrected chi connectivity index (χ4v) is 2.40. The SMILES string of the molecule is CC(C)NN1Cc2ccccc2N=C1c1ccccc1. The van der Waals surface area contributed by atoms with Crippen molar-refractivity contribution in [2.45, 2.75) is 26.4 Å². The lowest BCUT2D eigenvalue weighted by molar-refractivity contribution is 0.266.